The van der Waals surface area contributed by atoms with Crippen LogP contribution in [0.2, 0.25) is 0 Å². The van der Waals surface area contributed by atoms with Crippen molar-refractivity contribution in [1.29, 1.82) is 0 Å². The topological polar surface area (TPSA) is 50.4 Å². The fourth-order valence-electron chi connectivity index (χ4n) is 5.89. The Morgan fingerprint density at radius 1 is 1.14 bits per heavy atom. The van der Waals surface area contributed by atoms with Crippen LogP contribution in [0.1, 0.15) is 44.9 Å². The molecular formula is C17H29ClN2O2. The molecule has 1 amide bonds. The minimum atomic E-state index is -0.282. The van der Waals surface area contributed by atoms with Crippen LogP contribution in [0.3, 0.4) is 0 Å². The Morgan fingerprint density at radius 3 is 2.32 bits per heavy atom. The highest BCUT2D eigenvalue weighted by atomic mass is 35.5. The second-order valence-electron chi connectivity index (χ2n) is 8.02. The molecule has 1 unspecified atom stereocenters. The van der Waals surface area contributed by atoms with Crippen LogP contribution >= 0.6 is 12.4 Å². The molecule has 4 aliphatic carbocycles. The van der Waals surface area contributed by atoms with Crippen LogP contribution in [0.15, 0.2) is 0 Å². The van der Waals surface area contributed by atoms with Crippen LogP contribution in [0, 0.1) is 23.2 Å². The van der Waals surface area contributed by atoms with Crippen LogP contribution in [-0.2, 0) is 9.53 Å². The molecule has 0 aromatic carbocycles. The molecule has 1 atom stereocenters. The van der Waals surface area contributed by atoms with Gasteiger partial charge in [-0.15, -0.1) is 12.4 Å². The van der Waals surface area contributed by atoms with Crippen molar-refractivity contribution in [2.75, 3.05) is 26.2 Å². The number of amides is 1. The van der Waals surface area contributed by atoms with E-state index >= 15 is 0 Å². The van der Waals surface area contributed by atoms with E-state index in [0.717, 1.165) is 30.8 Å². The van der Waals surface area contributed by atoms with E-state index in [9.17, 15) is 4.79 Å². The van der Waals surface area contributed by atoms with Crippen LogP contribution in [0.25, 0.3) is 0 Å². The Kier molecular flexibility index (Phi) is 5.01. The van der Waals surface area contributed by atoms with Crippen molar-refractivity contribution < 1.29 is 9.53 Å². The van der Waals surface area contributed by atoms with Gasteiger partial charge in [0, 0.05) is 19.6 Å². The number of carbonyl (C=O) groups is 1. The number of nitrogens with one attached hydrogen (secondary N) is 2. The number of carbonyl (C=O) groups excluding carboxylic acids is 1. The van der Waals surface area contributed by atoms with Crippen molar-refractivity contribution in [2.24, 2.45) is 23.2 Å². The minimum Gasteiger partial charge on any atom is -0.366 e. The molecule has 5 rings (SSSR count). The van der Waals surface area contributed by atoms with Crippen molar-refractivity contribution in [1.82, 2.24) is 10.6 Å². The molecule has 1 aliphatic heterocycles. The van der Waals surface area contributed by atoms with E-state index in [2.05, 4.69) is 10.6 Å². The van der Waals surface area contributed by atoms with Gasteiger partial charge in [-0.1, -0.05) is 0 Å². The second-order valence-corrected chi connectivity index (χ2v) is 8.02. The highest BCUT2D eigenvalue weighted by Crippen LogP contribution is 2.61. The third-order valence-electron chi connectivity index (χ3n) is 6.34. The van der Waals surface area contributed by atoms with Gasteiger partial charge in [-0.2, -0.15) is 0 Å². The standard InChI is InChI=1S/C17H28N2O2.ClH/c20-16(15-11-18-3-4-21-15)19-2-1-17-8-12-5-13(9-17)7-14(6-12)10-17;/h12-15,18H,1-11H2,(H,19,20);1H. The van der Waals surface area contributed by atoms with Crippen molar-refractivity contribution >= 4 is 18.3 Å². The van der Waals surface area contributed by atoms with Crippen LogP contribution in [0.4, 0.5) is 0 Å². The lowest BCUT2D eigenvalue weighted by Crippen LogP contribution is -2.50. The van der Waals surface area contributed by atoms with Gasteiger partial charge in [0.15, 0.2) is 0 Å². The quantitative estimate of drug-likeness (QED) is 0.831. The second kappa shape index (κ2) is 6.66. The van der Waals surface area contributed by atoms with Crippen LogP contribution in [0.5, 0.6) is 0 Å². The lowest BCUT2D eigenvalue weighted by molar-refractivity contribution is -0.134. The molecule has 22 heavy (non-hydrogen) atoms. The Morgan fingerprint density at radius 2 is 1.77 bits per heavy atom. The molecule has 1 saturated heterocycles. The summed E-state index contributed by atoms with van der Waals surface area (Å²) in [6.07, 6.45) is 9.66. The fraction of sp³-hybridized carbons (Fsp3) is 0.941. The van der Waals surface area contributed by atoms with E-state index in [0.29, 0.717) is 18.6 Å². The lowest BCUT2D eigenvalue weighted by atomic mass is 9.49. The molecule has 5 fully saturated rings. The highest BCUT2D eigenvalue weighted by Gasteiger charge is 2.50. The lowest BCUT2D eigenvalue weighted by Gasteiger charge is -2.57. The molecule has 0 aromatic rings. The summed E-state index contributed by atoms with van der Waals surface area (Å²) in [6, 6.07) is 0. The van der Waals surface area contributed by atoms with E-state index in [1.165, 1.54) is 44.9 Å². The average molecular weight is 329 g/mol. The zero-order valence-electron chi connectivity index (χ0n) is 13.3. The highest BCUT2D eigenvalue weighted by molar-refractivity contribution is 5.85. The average Bonchev–Trinajstić information content (AvgIpc) is 2.46. The van der Waals surface area contributed by atoms with Gasteiger partial charge in [0.05, 0.1) is 6.61 Å². The number of hydrogen-bond acceptors (Lipinski definition) is 3. The summed E-state index contributed by atoms with van der Waals surface area (Å²) in [5, 5.41) is 6.34. The van der Waals surface area contributed by atoms with Gasteiger partial charge < -0.3 is 15.4 Å². The first-order chi connectivity index (χ1) is 10.2. The largest absolute Gasteiger partial charge is 0.366 e. The van der Waals surface area contributed by atoms with E-state index in [1.54, 1.807) is 0 Å². The summed E-state index contributed by atoms with van der Waals surface area (Å²) in [5.74, 6) is 3.07. The van der Waals surface area contributed by atoms with Gasteiger partial charge in [-0.25, -0.2) is 0 Å². The molecule has 1 heterocycles. The zero-order chi connectivity index (χ0) is 14.3. The molecule has 4 saturated carbocycles. The van der Waals surface area contributed by atoms with Gasteiger partial charge in [-0.3, -0.25) is 4.79 Å². The first kappa shape index (κ1) is 16.5. The molecule has 0 radical (unpaired) electrons. The maximum atomic E-state index is 12.1. The molecule has 5 heteroatoms. The molecule has 2 N–H and O–H groups in total. The minimum absolute atomic E-state index is 0. The van der Waals surface area contributed by atoms with Crippen molar-refractivity contribution in [3.05, 3.63) is 0 Å². The molecule has 4 nitrogen and oxygen atoms in total. The molecule has 4 bridgehead atoms. The maximum Gasteiger partial charge on any atom is 0.250 e. The fourth-order valence-corrected chi connectivity index (χ4v) is 5.89. The number of morpholine rings is 1. The molecule has 5 aliphatic rings. The first-order valence-corrected chi connectivity index (χ1v) is 8.82. The van der Waals surface area contributed by atoms with Gasteiger partial charge in [-0.05, 0) is 68.1 Å². The Bertz CT molecular complexity index is 374. The molecule has 0 aromatic heterocycles. The van der Waals surface area contributed by atoms with Gasteiger partial charge in [0.1, 0.15) is 6.10 Å². The summed E-state index contributed by atoms with van der Waals surface area (Å²) in [7, 11) is 0. The third kappa shape index (κ3) is 3.29. The Balaban J connectivity index is 0.00000144. The normalized spacial score (nSPS) is 42.7. The van der Waals surface area contributed by atoms with Gasteiger partial charge >= 0.3 is 0 Å². The SMILES string of the molecule is Cl.O=C(NCCC12CC3CC(CC(C3)C1)C2)C1CNCCO1. The molecule has 126 valence electrons. The van der Waals surface area contributed by atoms with Crippen molar-refractivity contribution in [2.45, 2.75) is 51.0 Å². The summed E-state index contributed by atoms with van der Waals surface area (Å²) in [4.78, 5) is 12.1. The van der Waals surface area contributed by atoms with E-state index < -0.39 is 0 Å². The van der Waals surface area contributed by atoms with Crippen LogP contribution < -0.4 is 10.6 Å². The molecule has 0 spiro atoms. The smallest absolute Gasteiger partial charge is 0.250 e. The predicted octanol–water partition coefficient (Wildman–Crippen LogP) is 2.12. The Labute approximate surface area is 139 Å². The van der Waals surface area contributed by atoms with Crippen LogP contribution in [-0.4, -0.2) is 38.3 Å². The Hall–Kier alpha value is -0.320. The van der Waals surface area contributed by atoms with Gasteiger partial charge in [0.25, 0.3) is 0 Å². The summed E-state index contributed by atoms with van der Waals surface area (Å²) in [6.45, 7) is 3.00. The first-order valence-electron chi connectivity index (χ1n) is 8.82. The van der Waals surface area contributed by atoms with Crippen molar-refractivity contribution in [3.63, 3.8) is 0 Å². The van der Waals surface area contributed by atoms with E-state index in [-0.39, 0.29) is 24.4 Å². The number of ether oxygens (including phenoxy) is 1. The maximum absolute atomic E-state index is 12.1. The third-order valence-corrected chi connectivity index (χ3v) is 6.34. The summed E-state index contributed by atoms with van der Waals surface area (Å²) < 4.78 is 5.51. The molecular weight excluding hydrogens is 300 g/mol. The van der Waals surface area contributed by atoms with E-state index in [1.807, 2.05) is 0 Å². The number of rotatable bonds is 4. The predicted molar refractivity (Wildman–Crippen MR) is 88.1 cm³/mol. The van der Waals surface area contributed by atoms with Gasteiger partial charge in [0.2, 0.25) is 5.91 Å². The number of hydrogen-bond donors (Lipinski definition) is 2. The number of halogens is 1. The summed E-state index contributed by atoms with van der Waals surface area (Å²) >= 11 is 0. The zero-order valence-corrected chi connectivity index (χ0v) is 14.1. The van der Waals surface area contributed by atoms with E-state index in [4.69, 9.17) is 4.74 Å². The monoisotopic (exact) mass is 328 g/mol. The summed E-state index contributed by atoms with van der Waals surface area (Å²) in [5.41, 5.74) is 0.563. The van der Waals surface area contributed by atoms with Crippen molar-refractivity contribution in [3.8, 4) is 0 Å².